The molecule has 1 fully saturated rings. The maximum absolute atomic E-state index is 13.0. The molecule has 2 heterocycles. The molecule has 6 rings (SSSR count). The number of benzene rings is 3. The van der Waals surface area contributed by atoms with E-state index in [0.717, 1.165) is 18.5 Å². The van der Waals surface area contributed by atoms with E-state index in [4.69, 9.17) is 9.47 Å². The van der Waals surface area contributed by atoms with Gasteiger partial charge < -0.3 is 19.7 Å². The summed E-state index contributed by atoms with van der Waals surface area (Å²) in [6, 6.07) is 23.8. The number of aromatic nitrogens is 4. The van der Waals surface area contributed by atoms with Crippen molar-refractivity contribution in [2.24, 2.45) is 5.92 Å². The summed E-state index contributed by atoms with van der Waals surface area (Å²) in [7, 11) is 0. The Labute approximate surface area is 231 Å². The number of tetrazole rings is 1. The molecule has 0 radical (unpaired) electrons. The SMILES string of the molecule is O=C(COCC1CCCN(C(=O)OCC2c3ccccc3-c3ccccc32)C1)Nc1cccc(-n2cnnn2)c1. The Hall–Kier alpha value is -4.57. The van der Waals surface area contributed by atoms with Gasteiger partial charge in [0.25, 0.3) is 0 Å². The van der Waals surface area contributed by atoms with Crippen LogP contribution in [-0.2, 0) is 14.3 Å². The van der Waals surface area contributed by atoms with E-state index in [9.17, 15) is 9.59 Å². The van der Waals surface area contributed by atoms with Crippen molar-refractivity contribution >= 4 is 17.7 Å². The van der Waals surface area contributed by atoms with Gasteiger partial charge in [-0.1, -0.05) is 54.6 Å². The minimum Gasteiger partial charge on any atom is -0.448 e. The van der Waals surface area contributed by atoms with E-state index in [-0.39, 0.29) is 30.4 Å². The zero-order chi connectivity index (χ0) is 27.3. The minimum atomic E-state index is -0.299. The predicted octanol–water partition coefficient (Wildman–Crippen LogP) is 4.28. The highest BCUT2D eigenvalue weighted by Crippen LogP contribution is 2.44. The van der Waals surface area contributed by atoms with Crippen LogP contribution in [0.25, 0.3) is 16.8 Å². The van der Waals surface area contributed by atoms with Crippen LogP contribution in [0.3, 0.4) is 0 Å². The molecule has 40 heavy (non-hydrogen) atoms. The van der Waals surface area contributed by atoms with Gasteiger partial charge in [0.2, 0.25) is 5.91 Å². The summed E-state index contributed by atoms with van der Waals surface area (Å²) < 4.78 is 13.1. The first kappa shape index (κ1) is 25.7. The second-order valence-electron chi connectivity index (χ2n) is 10.1. The highest BCUT2D eigenvalue weighted by molar-refractivity contribution is 5.92. The van der Waals surface area contributed by atoms with Gasteiger partial charge in [-0.2, -0.15) is 0 Å². The maximum atomic E-state index is 13.0. The van der Waals surface area contributed by atoms with Gasteiger partial charge in [0.15, 0.2) is 0 Å². The molecule has 10 heteroatoms. The van der Waals surface area contributed by atoms with Crippen LogP contribution in [-0.4, -0.2) is 70.0 Å². The number of carbonyl (C=O) groups excluding carboxylic acids is 2. The third kappa shape index (κ3) is 5.57. The third-order valence-electron chi connectivity index (χ3n) is 7.44. The predicted molar refractivity (Wildman–Crippen MR) is 148 cm³/mol. The molecule has 1 atom stereocenters. The van der Waals surface area contributed by atoms with E-state index in [1.54, 1.807) is 17.0 Å². The van der Waals surface area contributed by atoms with Crippen LogP contribution in [0.2, 0.25) is 0 Å². The standard InChI is InChI=1S/C30H30N6O4/c37-29(32-22-8-5-9-23(15-22)36-20-31-33-34-36)19-39-17-21-7-6-14-35(16-21)30(38)40-18-28-26-12-3-1-10-24(26)25-11-2-4-13-27(25)28/h1-5,8-13,15,20-21,28H,6-7,14,16-19H2,(H,32,37). The molecule has 1 unspecified atom stereocenters. The van der Waals surface area contributed by atoms with Gasteiger partial charge in [-0.05, 0) is 63.7 Å². The fourth-order valence-corrected chi connectivity index (χ4v) is 5.57. The number of carbonyl (C=O) groups is 2. The minimum absolute atomic E-state index is 0.0346. The van der Waals surface area contributed by atoms with E-state index < -0.39 is 0 Å². The number of hydrogen-bond donors (Lipinski definition) is 1. The molecule has 204 valence electrons. The normalized spacial score (nSPS) is 16.3. The van der Waals surface area contributed by atoms with Crippen molar-refractivity contribution in [3.8, 4) is 16.8 Å². The van der Waals surface area contributed by atoms with Crippen LogP contribution in [0.5, 0.6) is 0 Å². The molecule has 0 spiro atoms. The van der Waals surface area contributed by atoms with E-state index in [2.05, 4.69) is 45.1 Å². The average molecular weight is 539 g/mol. The van der Waals surface area contributed by atoms with Crippen molar-refractivity contribution in [3.05, 3.63) is 90.3 Å². The molecule has 1 aliphatic heterocycles. The van der Waals surface area contributed by atoms with E-state index in [0.29, 0.717) is 32.0 Å². The number of hydrogen-bond acceptors (Lipinski definition) is 7. The third-order valence-corrected chi connectivity index (χ3v) is 7.44. The lowest BCUT2D eigenvalue weighted by Gasteiger charge is -2.32. The molecule has 4 aromatic rings. The summed E-state index contributed by atoms with van der Waals surface area (Å²) in [6.07, 6.45) is 2.99. The lowest BCUT2D eigenvalue weighted by Crippen LogP contribution is -2.42. The van der Waals surface area contributed by atoms with Gasteiger partial charge >= 0.3 is 6.09 Å². The van der Waals surface area contributed by atoms with Crippen molar-refractivity contribution < 1.29 is 19.1 Å². The van der Waals surface area contributed by atoms with Crippen LogP contribution >= 0.6 is 0 Å². The molecule has 10 nitrogen and oxygen atoms in total. The Kier molecular flexibility index (Phi) is 7.49. The first-order valence-corrected chi connectivity index (χ1v) is 13.5. The van der Waals surface area contributed by atoms with Gasteiger partial charge in [0.05, 0.1) is 12.3 Å². The first-order chi connectivity index (χ1) is 19.7. The summed E-state index contributed by atoms with van der Waals surface area (Å²) >= 11 is 0. The number of likely N-dealkylation sites (tertiary alicyclic amines) is 1. The monoisotopic (exact) mass is 538 g/mol. The lowest BCUT2D eigenvalue weighted by atomic mass is 9.98. The largest absolute Gasteiger partial charge is 0.448 e. The molecular formula is C30H30N6O4. The van der Waals surface area contributed by atoms with Crippen LogP contribution in [0.4, 0.5) is 10.5 Å². The number of ether oxygens (including phenoxy) is 2. The summed E-state index contributed by atoms with van der Waals surface area (Å²) in [5.74, 6) is -0.0735. The van der Waals surface area contributed by atoms with Crippen molar-refractivity contribution in [2.75, 3.05) is 38.2 Å². The van der Waals surface area contributed by atoms with Gasteiger partial charge in [-0.25, -0.2) is 9.48 Å². The van der Waals surface area contributed by atoms with Crippen LogP contribution in [0, 0.1) is 5.92 Å². The van der Waals surface area contributed by atoms with Crippen molar-refractivity contribution in [1.82, 2.24) is 25.1 Å². The highest BCUT2D eigenvalue weighted by atomic mass is 16.6. The van der Waals surface area contributed by atoms with Gasteiger partial charge in [0, 0.05) is 30.6 Å². The number of anilines is 1. The molecule has 1 aromatic heterocycles. The van der Waals surface area contributed by atoms with Gasteiger partial charge in [0.1, 0.15) is 19.5 Å². The zero-order valence-electron chi connectivity index (χ0n) is 22.0. The molecule has 2 aliphatic rings. The van der Waals surface area contributed by atoms with Crippen molar-refractivity contribution in [3.63, 3.8) is 0 Å². The smallest absolute Gasteiger partial charge is 0.409 e. The topological polar surface area (TPSA) is 111 Å². The number of piperidine rings is 1. The first-order valence-electron chi connectivity index (χ1n) is 13.5. The molecule has 2 amide bonds. The van der Waals surface area contributed by atoms with Crippen molar-refractivity contribution in [2.45, 2.75) is 18.8 Å². The Balaban J connectivity index is 0.970. The van der Waals surface area contributed by atoms with E-state index >= 15 is 0 Å². The van der Waals surface area contributed by atoms with E-state index in [1.807, 2.05) is 36.4 Å². The quantitative estimate of drug-likeness (QED) is 0.356. The fraction of sp³-hybridized carbons (Fsp3) is 0.300. The molecule has 1 saturated heterocycles. The van der Waals surface area contributed by atoms with Crippen LogP contribution in [0.15, 0.2) is 79.1 Å². The number of fused-ring (bicyclic) bond motifs is 3. The molecule has 1 N–H and O–H groups in total. The number of amides is 2. The van der Waals surface area contributed by atoms with Crippen LogP contribution < -0.4 is 5.32 Å². The molecular weight excluding hydrogens is 508 g/mol. The maximum Gasteiger partial charge on any atom is 0.409 e. The Morgan fingerprint density at radius 1 is 0.950 bits per heavy atom. The second-order valence-corrected chi connectivity index (χ2v) is 10.1. The summed E-state index contributed by atoms with van der Waals surface area (Å²) in [5.41, 5.74) is 6.17. The van der Waals surface area contributed by atoms with Crippen molar-refractivity contribution in [1.29, 1.82) is 0 Å². The van der Waals surface area contributed by atoms with Gasteiger partial charge in [-0.15, -0.1) is 5.10 Å². The average Bonchev–Trinajstić information content (AvgIpc) is 3.63. The molecule has 3 aromatic carbocycles. The molecule has 1 aliphatic carbocycles. The zero-order valence-corrected chi connectivity index (χ0v) is 22.0. The summed E-state index contributed by atoms with van der Waals surface area (Å²) in [6.45, 7) is 1.83. The number of rotatable bonds is 8. The Morgan fingerprint density at radius 3 is 2.48 bits per heavy atom. The summed E-state index contributed by atoms with van der Waals surface area (Å²) in [5, 5.41) is 13.9. The Morgan fingerprint density at radius 2 is 1.73 bits per heavy atom. The summed E-state index contributed by atoms with van der Waals surface area (Å²) in [4.78, 5) is 27.2. The van der Waals surface area contributed by atoms with Gasteiger partial charge in [-0.3, -0.25) is 4.79 Å². The highest BCUT2D eigenvalue weighted by Gasteiger charge is 2.31. The molecule has 0 saturated carbocycles. The molecule has 0 bridgehead atoms. The number of nitrogens with zero attached hydrogens (tertiary/aromatic N) is 5. The fourth-order valence-electron chi connectivity index (χ4n) is 5.57. The Bertz CT molecular complexity index is 1450. The lowest BCUT2D eigenvalue weighted by molar-refractivity contribution is -0.121. The van der Waals surface area contributed by atoms with E-state index in [1.165, 1.54) is 33.3 Å². The van der Waals surface area contributed by atoms with Crippen LogP contribution in [0.1, 0.15) is 29.9 Å². The number of nitrogens with one attached hydrogen (secondary N) is 1. The second kappa shape index (κ2) is 11.7.